The van der Waals surface area contributed by atoms with Crippen LogP contribution < -0.4 is 4.90 Å². The highest BCUT2D eigenvalue weighted by Crippen LogP contribution is 2.46. The van der Waals surface area contributed by atoms with Gasteiger partial charge in [-0.1, -0.05) is 128 Å². The number of anilines is 2. The number of rotatable bonds is 4. The lowest BCUT2D eigenvalue weighted by molar-refractivity contribution is 0.911. The van der Waals surface area contributed by atoms with Crippen molar-refractivity contribution >= 4 is 60.6 Å². The van der Waals surface area contributed by atoms with Crippen molar-refractivity contribution in [3.63, 3.8) is 0 Å². The van der Waals surface area contributed by atoms with Crippen LogP contribution in [-0.4, -0.2) is 25.5 Å². The van der Waals surface area contributed by atoms with Crippen molar-refractivity contribution in [3.05, 3.63) is 213 Å². The Morgan fingerprint density at radius 1 is 0.491 bits per heavy atom. The number of hydrogen-bond acceptors (Lipinski definition) is 2. The number of hydrogen-bond donors (Lipinski definition) is 0. The van der Waals surface area contributed by atoms with E-state index in [0.717, 1.165) is 72.7 Å². The van der Waals surface area contributed by atoms with Crippen molar-refractivity contribution in [1.29, 1.82) is 0 Å². The van der Waals surface area contributed by atoms with E-state index >= 15 is 0 Å². The summed E-state index contributed by atoms with van der Waals surface area (Å²) in [6, 6.07) is 60.7. The summed E-state index contributed by atoms with van der Waals surface area (Å²) in [6.45, 7) is 5.33. The number of benzene rings is 7. The summed E-state index contributed by atoms with van der Waals surface area (Å²) in [5.74, 6) is 0. The highest BCUT2D eigenvalue weighted by Gasteiger charge is 2.25. The molecule has 0 atom stereocenters. The molecule has 10 aromatic rings. The number of aromatic nitrogens is 4. The lowest BCUT2D eigenvalue weighted by Crippen LogP contribution is -2.18. The molecule has 0 N–H and O–H groups in total. The summed E-state index contributed by atoms with van der Waals surface area (Å²) < 4.78 is 6.82. The van der Waals surface area contributed by atoms with Crippen LogP contribution in [0.2, 0.25) is 0 Å². The second-order valence-electron chi connectivity index (χ2n) is 14.5. The van der Waals surface area contributed by atoms with E-state index in [1.165, 1.54) is 21.7 Å². The first-order valence-corrected chi connectivity index (χ1v) is 19.4. The van der Waals surface area contributed by atoms with Gasteiger partial charge in [0.15, 0.2) is 0 Å². The van der Waals surface area contributed by atoms with Gasteiger partial charge in [0.05, 0.1) is 39.6 Å². The van der Waals surface area contributed by atoms with Gasteiger partial charge in [0.1, 0.15) is 0 Å². The second-order valence-corrected chi connectivity index (χ2v) is 14.5. The van der Waals surface area contributed by atoms with Crippen molar-refractivity contribution < 1.29 is 0 Å². The Morgan fingerprint density at radius 2 is 1.16 bits per heavy atom. The van der Waals surface area contributed by atoms with Gasteiger partial charge in [0.25, 0.3) is 0 Å². The van der Waals surface area contributed by atoms with E-state index < -0.39 is 0 Å². The smallest absolute Gasteiger partial charge is 0.0762 e. The molecule has 5 heteroatoms. The van der Waals surface area contributed by atoms with Crippen molar-refractivity contribution in [2.24, 2.45) is 0 Å². The standard InChI is InChI=1S/C52H37N5/c1-36-18-5-4-16-33-54(46-28-13-11-26-43(46)50-44-27-12-15-30-48(44)55(51(36)50)37-19-6-2-7-20-37)39-23-17-24-40(34-39)56-47-29-14-10-25-41(47)42-31-32-49-45(52(42)56)35-53-57(49)38-21-8-3-9-22-38/h2-32,34-35H,1,33H2/b16-4-,18-5-. The summed E-state index contributed by atoms with van der Waals surface area (Å²) >= 11 is 0. The number of nitrogens with zero attached hydrogens (tertiary/aromatic N) is 5. The van der Waals surface area contributed by atoms with Crippen LogP contribution in [0.4, 0.5) is 11.4 Å². The largest absolute Gasteiger partial charge is 0.337 e. The molecule has 0 unspecified atom stereocenters. The van der Waals surface area contributed by atoms with Crippen LogP contribution >= 0.6 is 0 Å². The summed E-state index contributed by atoms with van der Waals surface area (Å²) in [5.41, 5.74) is 14.3. The Balaban J connectivity index is 1.14. The van der Waals surface area contributed by atoms with Gasteiger partial charge < -0.3 is 14.0 Å². The summed E-state index contributed by atoms with van der Waals surface area (Å²) in [4.78, 5) is 2.44. The van der Waals surface area contributed by atoms with Gasteiger partial charge in [-0.15, -0.1) is 0 Å². The lowest BCUT2D eigenvalue weighted by atomic mass is 9.96. The quantitative estimate of drug-likeness (QED) is 0.180. The van der Waals surface area contributed by atoms with Gasteiger partial charge >= 0.3 is 0 Å². The first-order chi connectivity index (χ1) is 28.2. The zero-order chi connectivity index (χ0) is 37.9. The van der Waals surface area contributed by atoms with Crippen LogP contribution in [0.15, 0.2) is 207 Å². The predicted octanol–water partition coefficient (Wildman–Crippen LogP) is 13.0. The van der Waals surface area contributed by atoms with E-state index in [9.17, 15) is 0 Å². The molecule has 0 aliphatic carbocycles. The van der Waals surface area contributed by atoms with E-state index in [0.29, 0.717) is 6.54 Å². The van der Waals surface area contributed by atoms with Gasteiger partial charge in [-0.2, -0.15) is 5.10 Å². The molecule has 0 spiro atoms. The molecule has 270 valence electrons. The highest BCUT2D eigenvalue weighted by molar-refractivity contribution is 6.18. The average Bonchev–Trinajstić information content (AvgIpc) is 3.96. The maximum absolute atomic E-state index is 4.92. The molecule has 57 heavy (non-hydrogen) atoms. The molecule has 11 rings (SSSR count). The molecule has 3 aromatic heterocycles. The Kier molecular flexibility index (Phi) is 7.64. The zero-order valence-corrected chi connectivity index (χ0v) is 31.2. The molecule has 0 bridgehead atoms. The van der Waals surface area contributed by atoms with Gasteiger partial charge in [-0.25, -0.2) is 4.68 Å². The Morgan fingerprint density at radius 3 is 1.98 bits per heavy atom. The summed E-state index contributed by atoms with van der Waals surface area (Å²) in [7, 11) is 0. The minimum atomic E-state index is 0.672. The molecule has 0 radical (unpaired) electrons. The van der Waals surface area contributed by atoms with Crippen molar-refractivity contribution in [1.82, 2.24) is 18.9 Å². The van der Waals surface area contributed by atoms with E-state index in [1.54, 1.807) is 0 Å². The fourth-order valence-corrected chi connectivity index (χ4v) is 8.83. The minimum Gasteiger partial charge on any atom is -0.337 e. The number of allylic oxidation sites excluding steroid dienone is 4. The van der Waals surface area contributed by atoms with Gasteiger partial charge in [0.2, 0.25) is 0 Å². The van der Waals surface area contributed by atoms with E-state index in [-0.39, 0.29) is 0 Å². The Labute approximate surface area is 330 Å². The Hall–Kier alpha value is -7.63. The molecule has 0 fully saturated rings. The maximum Gasteiger partial charge on any atom is 0.0762 e. The van der Waals surface area contributed by atoms with E-state index in [1.807, 2.05) is 16.9 Å². The van der Waals surface area contributed by atoms with Crippen LogP contribution in [0.1, 0.15) is 5.69 Å². The fraction of sp³-hybridized carbons (Fsp3) is 0.0192. The SMILES string of the molecule is C=C1/C=C\C=C/CN(c2cccc(-n3c4ccccc4c4ccc5c(cnn5-c5ccccc5)c43)c2)c2ccccc2-c2c1n(-c1ccccc1)c1ccccc21. The number of para-hydroxylation sites is 5. The van der Waals surface area contributed by atoms with Crippen LogP contribution in [0.3, 0.4) is 0 Å². The van der Waals surface area contributed by atoms with Gasteiger partial charge in [0, 0.05) is 62.0 Å². The topological polar surface area (TPSA) is 30.9 Å². The molecule has 1 aliphatic rings. The third-order valence-corrected chi connectivity index (χ3v) is 11.3. The van der Waals surface area contributed by atoms with Crippen LogP contribution in [0.5, 0.6) is 0 Å². The van der Waals surface area contributed by atoms with Crippen molar-refractivity contribution in [2.75, 3.05) is 11.4 Å². The Bertz CT molecular complexity index is 3230. The third kappa shape index (κ3) is 5.20. The first kappa shape index (κ1) is 32.8. The first-order valence-electron chi connectivity index (χ1n) is 19.4. The molecule has 0 saturated heterocycles. The van der Waals surface area contributed by atoms with Crippen LogP contribution in [0, 0.1) is 0 Å². The molecule has 5 nitrogen and oxygen atoms in total. The molecule has 4 heterocycles. The third-order valence-electron chi connectivity index (χ3n) is 11.3. The van der Waals surface area contributed by atoms with Gasteiger partial charge in [-0.3, -0.25) is 0 Å². The van der Waals surface area contributed by atoms with Crippen molar-refractivity contribution in [2.45, 2.75) is 0 Å². The number of fused-ring (bicyclic) bond motifs is 10. The molecule has 1 aliphatic heterocycles. The normalized spacial score (nSPS) is 14.2. The highest BCUT2D eigenvalue weighted by atomic mass is 15.3. The molecule has 0 saturated carbocycles. The van der Waals surface area contributed by atoms with Crippen LogP contribution in [0.25, 0.3) is 77.4 Å². The second kappa shape index (κ2) is 13.3. The fourth-order valence-electron chi connectivity index (χ4n) is 8.83. The van der Waals surface area contributed by atoms with Crippen LogP contribution in [-0.2, 0) is 0 Å². The minimum absolute atomic E-state index is 0.672. The maximum atomic E-state index is 4.92. The summed E-state index contributed by atoms with van der Waals surface area (Å²) in [5, 5.41) is 9.63. The summed E-state index contributed by atoms with van der Waals surface area (Å²) in [6.07, 6.45) is 10.6. The van der Waals surface area contributed by atoms with Crippen molar-refractivity contribution in [3.8, 4) is 28.2 Å². The molecule has 7 aromatic carbocycles. The monoisotopic (exact) mass is 731 g/mol. The van der Waals surface area contributed by atoms with E-state index in [4.69, 9.17) is 5.10 Å². The molecule has 0 amide bonds. The van der Waals surface area contributed by atoms with Gasteiger partial charge in [-0.05, 0) is 78.4 Å². The zero-order valence-electron chi connectivity index (χ0n) is 31.2. The predicted molar refractivity (Wildman–Crippen MR) is 238 cm³/mol. The molecular weight excluding hydrogens is 695 g/mol. The average molecular weight is 732 g/mol. The molecular formula is C52H37N5. The lowest BCUT2D eigenvalue weighted by Gasteiger charge is -2.27. The van der Waals surface area contributed by atoms with E-state index in [2.05, 4.69) is 209 Å².